The molecule has 0 bridgehead atoms. The predicted molar refractivity (Wildman–Crippen MR) is 111 cm³/mol. The monoisotopic (exact) mass is 499 g/mol. The normalized spacial score (nSPS) is 19.4. The summed E-state index contributed by atoms with van der Waals surface area (Å²) in [7, 11) is 0. The van der Waals surface area contributed by atoms with Gasteiger partial charge in [-0.25, -0.2) is 9.07 Å². The largest absolute Gasteiger partial charge is 0.586 e. The molecule has 2 unspecified atom stereocenters. The van der Waals surface area contributed by atoms with Crippen molar-refractivity contribution in [3.8, 4) is 17.2 Å². The Morgan fingerprint density at radius 3 is 2.63 bits per heavy atom. The van der Waals surface area contributed by atoms with Gasteiger partial charge in [-0.05, 0) is 62.1 Å². The lowest BCUT2D eigenvalue weighted by Crippen LogP contribution is -2.25. The Hall–Kier alpha value is -3.41. The van der Waals surface area contributed by atoms with E-state index in [-0.39, 0.29) is 47.0 Å². The van der Waals surface area contributed by atoms with E-state index in [4.69, 9.17) is 0 Å². The summed E-state index contributed by atoms with van der Waals surface area (Å²) < 4.78 is 91.8. The quantitative estimate of drug-likeness (QED) is 0.438. The molecule has 0 amide bonds. The van der Waals surface area contributed by atoms with Gasteiger partial charge in [-0.15, -0.1) is 8.78 Å². The van der Waals surface area contributed by atoms with Crippen LogP contribution in [0.1, 0.15) is 54.4 Å². The minimum absolute atomic E-state index is 0.0332. The molecule has 6 nitrogen and oxygen atoms in total. The number of fused-ring (bicyclic) bond motifs is 2. The molecular formula is C23H19F6N3O3. The van der Waals surface area contributed by atoms with Gasteiger partial charge in [0.05, 0.1) is 23.2 Å². The molecule has 186 valence electrons. The maximum absolute atomic E-state index is 14.6. The number of aliphatic hydroxyl groups is 1. The summed E-state index contributed by atoms with van der Waals surface area (Å²) in [5.74, 6) is -1.00. The Labute approximate surface area is 195 Å². The summed E-state index contributed by atoms with van der Waals surface area (Å²) in [5, 5.41) is 17.0. The van der Waals surface area contributed by atoms with Crippen LogP contribution in [-0.4, -0.2) is 21.2 Å². The molecule has 2 heterocycles. The third-order valence-electron chi connectivity index (χ3n) is 6.00. The van der Waals surface area contributed by atoms with Gasteiger partial charge in [0.25, 0.3) is 0 Å². The number of nitrogens with one attached hydrogen (secondary N) is 1. The van der Waals surface area contributed by atoms with Gasteiger partial charge in [-0.1, -0.05) is 6.07 Å². The van der Waals surface area contributed by atoms with Crippen molar-refractivity contribution in [2.24, 2.45) is 0 Å². The van der Waals surface area contributed by atoms with Gasteiger partial charge in [0, 0.05) is 11.6 Å². The Balaban J connectivity index is 1.48. The summed E-state index contributed by atoms with van der Waals surface area (Å²) in [4.78, 5) is 0. The molecule has 2 aliphatic rings. The third kappa shape index (κ3) is 4.26. The number of rotatable bonds is 4. The summed E-state index contributed by atoms with van der Waals surface area (Å²) >= 11 is 0. The van der Waals surface area contributed by atoms with Crippen LogP contribution in [0, 0.1) is 5.82 Å². The Morgan fingerprint density at radius 1 is 1.14 bits per heavy atom. The lowest BCUT2D eigenvalue weighted by Gasteiger charge is -2.21. The highest BCUT2D eigenvalue weighted by Crippen LogP contribution is 2.43. The van der Waals surface area contributed by atoms with E-state index in [9.17, 15) is 31.4 Å². The van der Waals surface area contributed by atoms with E-state index in [1.165, 1.54) is 30.3 Å². The van der Waals surface area contributed by atoms with Crippen molar-refractivity contribution in [1.82, 2.24) is 9.78 Å². The number of hydrogen-bond acceptors (Lipinski definition) is 5. The van der Waals surface area contributed by atoms with E-state index in [1.54, 1.807) is 6.92 Å². The molecule has 0 saturated carbocycles. The van der Waals surface area contributed by atoms with Crippen LogP contribution in [0.2, 0.25) is 0 Å². The van der Waals surface area contributed by atoms with Crippen LogP contribution >= 0.6 is 0 Å². The maximum Gasteiger partial charge on any atom is 0.586 e. The summed E-state index contributed by atoms with van der Waals surface area (Å²) in [6, 6.07) is 7.13. The molecule has 2 atom stereocenters. The first-order valence-electron chi connectivity index (χ1n) is 10.8. The molecule has 0 fully saturated rings. The molecule has 0 spiro atoms. The summed E-state index contributed by atoms with van der Waals surface area (Å²) in [6.07, 6.45) is -8.85. The minimum Gasteiger partial charge on any atom is -0.395 e. The second kappa shape index (κ2) is 8.08. The molecule has 1 aliphatic carbocycles. The van der Waals surface area contributed by atoms with Crippen LogP contribution < -0.4 is 14.8 Å². The van der Waals surface area contributed by atoms with Gasteiger partial charge < -0.3 is 19.9 Å². The molecule has 5 rings (SSSR count). The van der Waals surface area contributed by atoms with E-state index < -0.39 is 36.1 Å². The smallest absolute Gasteiger partial charge is 0.395 e. The summed E-state index contributed by atoms with van der Waals surface area (Å²) in [5.41, 5.74) is -0.566. The minimum atomic E-state index is -4.71. The fraction of sp³-hybridized carbons (Fsp3) is 0.348. The number of benzene rings is 2. The van der Waals surface area contributed by atoms with Crippen molar-refractivity contribution in [1.29, 1.82) is 0 Å². The first-order chi connectivity index (χ1) is 16.4. The number of halogens is 6. The van der Waals surface area contributed by atoms with Crippen LogP contribution in [0.4, 0.5) is 32.0 Å². The van der Waals surface area contributed by atoms with E-state index in [0.29, 0.717) is 12.0 Å². The maximum atomic E-state index is 14.6. The van der Waals surface area contributed by atoms with Gasteiger partial charge in [-0.2, -0.15) is 18.3 Å². The molecule has 1 aromatic heterocycles. The first-order valence-corrected chi connectivity index (χ1v) is 10.8. The van der Waals surface area contributed by atoms with Crippen molar-refractivity contribution in [3.05, 3.63) is 64.7 Å². The number of aromatic nitrogens is 2. The molecule has 0 radical (unpaired) electrons. The molecule has 35 heavy (non-hydrogen) atoms. The van der Waals surface area contributed by atoms with E-state index >= 15 is 0 Å². The number of ether oxygens (including phenoxy) is 2. The number of anilines is 1. The zero-order valence-electron chi connectivity index (χ0n) is 18.2. The van der Waals surface area contributed by atoms with Crippen molar-refractivity contribution in [2.45, 2.75) is 50.8 Å². The highest BCUT2D eigenvalue weighted by molar-refractivity contribution is 5.55. The van der Waals surface area contributed by atoms with Crippen LogP contribution in [0.25, 0.3) is 5.69 Å². The van der Waals surface area contributed by atoms with E-state index in [2.05, 4.69) is 19.9 Å². The number of aliphatic hydroxyl groups excluding tert-OH is 1. The molecule has 2 aromatic carbocycles. The Kier molecular flexibility index (Phi) is 5.38. The standard InChI is InChI=1S/C23H19F6N3O3/c1-11(12-5-8-18-19(9-12)35-23(28,29)34-18)30-16-10-13(6-7-15(16)24)32-20-14(3-2-4-17(20)33)21(31-32)22(25,26)27/h5-11,17,30,33H,2-4H2,1H3. The Morgan fingerprint density at radius 2 is 1.89 bits per heavy atom. The molecule has 3 aromatic rings. The molecular weight excluding hydrogens is 480 g/mol. The highest BCUT2D eigenvalue weighted by Gasteiger charge is 2.44. The zero-order valence-corrected chi connectivity index (χ0v) is 18.2. The second-order valence-electron chi connectivity index (χ2n) is 8.43. The molecule has 1 aliphatic heterocycles. The highest BCUT2D eigenvalue weighted by atomic mass is 19.4. The SMILES string of the molecule is CC(Nc1cc(-n2nc(C(F)(F)F)c3c2C(O)CCC3)ccc1F)c1ccc2c(c1)OC(F)(F)O2. The van der Waals surface area contributed by atoms with Gasteiger partial charge in [-0.3, -0.25) is 0 Å². The lowest BCUT2D eigenvalue weighted by atomic mass is 9.93. The van der Waals surface area contributed by atoms with Crippen molar-refractivity contribution in [3.63, 3.8) is 0 Å². The van der Waals surface area contributed by atoms with Crippen molar-refractivity contribution in [2.75, 3.05) is 5.32 Å². The van der Waals surface area contributed by atoms with Crippen LogP contribution in [0.3, 0.4) is 0 Å². The predicted octanol–water partition coefficient (Wildman–Crippen LogP) is 5.89. The van der Waals surface area contributed by atoms with Crippen molar-refractivity contribution >= 4 is 5.69 Å². The topological polar surface area (TPSA) is 68.5 Å². The molecule has 2 N–H and O–H groups in total. The first kappa shape index (κ1) is 23.3. The third-order valence-corrected chi connectivity index (χ3v) is 6.00. The van der Waals surface area contributed by atoms with Gasteiger partial charge in [0.2, 0.25) is 0 Å². The van der Waals surface area contributed by atoms with E-state index in [0.717, 1.165) is 10.7 Å². The van der Waals surface area contributed by atoms with Gasteiger partial charge in [0.15, 0.2) is 17.2 Å². The number of hydrogen-bond donors (Lipinski definition) is 2. The fourth-order valence-corrected chi connectivity index (χ4v) is 4.39. The van der Waals surface area contributed by atoms with Crippen LogP contribution in [-0.2, 0) is 12.6 Å². The molecule has 12 heteroatoms. The summed E-state index contributed by atoms with van der Waals surface area (Å²) in [6.45, 7) is 1.64. The second-order valence-corrected chi connectivity index (χ2v) is 8.43. The van der Waals surface area contributed by atoms with E-state index in [1.807, 2.05) is 0 Å². The number of alkyl halides is 5. The number of nitrogens with zero attached hydrogens (tertiary/aromatic N) is 2. The van der Waals surface area contributed by atoms with Crippen LogP contribution in [0.5, 0.6) is 11.5 Å². The van der Waals surface area contributed by atoms with Gasteiger partial charge >= 0.3 is 12.5 Å². The van der Waals surface area contributed by atoms with Crippen LogP contribution in [0.15, 0.2) is 36.4 Å². The Bertz CT molecular complexity index is 1290. The molecule has 0 saturated heterocycles. The average molecular weight is 499 g/mol. The lowest BCUT2D eigenvalue weighted by molar-refractivity contribution is -0.286. The van der Waals surface area contributed by atoms with Crippen molar-refractivity contribution < 1.29 is 40.9 Å². The fourth-order valence-electron chi connectivity index (χ4n) is 4.39. The average Bonchev–Trinajstić information content (AvgIpc) is 3.31. The van der Waals surface area contributed by atoms with Gasteiger partial charge in [0.1, 0.15) is 5.82 Å². The zero-order chi connectivity index (χ0) is 25.1.